The predicted octanol–water partition coefficient (Wildman–Crippen LogP) is -11.1. The van der Waals surface area contributed by atoms with Crippen LogP contribution < -0.4 is 37.2 Å². The van der Waals surface area contributed by atoms with Crippen LogP contribution in [0.15, 0.2) is 0 Å². The van der Waals surface area contributed by atoms with Gasteiger partial charge in [0.2, 0.25) is 0 Å². The van der Waals surface area contributed by atoms with Crippen LogP contribution in [0, 0.1) is 0 Å². The van der Waals surface area contributed by atoms with Crippen molar-refractivity contribution in [2.45, 2.75) is 0 Å². The summed E-state index contributed by atoms with van der Waals surface area (Å²) in [7, 11) is -5.17. The fourth-order valence-corrected chi connectivity index (χ4v) is 0. The van der Waals surface area contributed by atoms with Crippen molar-refractivity contribution in [1.29, 1.82) is 0 Å². The first kappa shape index (κ1) is 41.7. The van der Waals surface area contributed by atoms with Crippen LogP contribution in [0.25, 0.3) is 0 Å². The zero-order valence-electron chi connectivity index (χ0n) is 4.46. The monoisotopic (exact) mass is 236 g/mol. The molecule has 0 N–H and O–H groups in total. The van der Waals surface area contributed by atoms with Crippen molar-refractivity contribution < 1.29 is 54.7 Å². The van der Waals surface area contributed by atoms with Gasteiger partial charge in [-0.05, 0) is 0 Å². The average Bonchev–Trinajstić information content (AvgIpc) is 0.722. The molecule has 0 bridgehead atoms. The Balaban J connectivity index is -0.00000000800. The summed E-state index contributed by atoms with van der Waals surface area (Å²) in [5.74, 6) is 0. The molecule has 0 saturated heterocycles. The van der Waals surface area contributed by atoms with Crippen LogP contribution in [0.5, 0.6) is 0 Å². The Hall–Kier alpha value is 1.57. The minimum Gasteiger partial charge on any atom is -1.00 e. The molecule has 0 saturated carbocycles. The smallest absolute Gasteiger partial charge is 1.00 e. The Morgan fingerprint density at radius 1 is 0.900 bits per heavy atom. The zero-order chi connectivity index (χ0) is 4.50. The topological polar surface area (TPSA) is 80.3 Å². The molecule has 0 aliphatic carbocycles. The summed E-state index contributed by atoms with van der Waals surface area (Å²) in [4.78, 5) is 0. The van der Waals surface area contributed by atoms with Crippen LogP contribution in [-0.2, 0) is 10.4 Å². The Morgan fingerprint density at radius 2 is 0.900 bits per heavy atom. The van der Waals surface area contributed by atoms with Gasteiger partial charge in [0.25, 0.3) is 0 Å². The Kier molecular flexibility index (Phi) is 70.4. The summed E-state index contributed by atoms with van der Waals surface area (Å²) in [5.41, 5.74) is 0. The largest absolute Gasteiger partial charge is 3.00 e. The maximum absolute atomic E-state index is 8.52. The van der Waals surface area contributed by atoms with Crippen molar-refractivity contribution in [2.24, 2.45) is 0 Å². The molecule has 0 heterocycles. The standard InChI is InChI=1S/B.3ClH.Mg.H2O4S/c;;;;;1-5(2,3)4/h;3*1H;;(H2,1,2,3,4)/q+3;;;;+2;/p-5. The summed E-state index contributed by atoms with van der Waals surface area (Å²) in [6.45, 7) is 0. The summed E-state index contributed by atoms with van der Waals surface area (Å²) < 4.78 is 34.1. The molecule has 0 rings (SSSR count). The van der Waals surface area contributed by atoms with Crippen LogP contribution in [0.2, 0.25) is 0 Å². The van der Waals surface area contributed by atoms with Gasteiger partial charge in [0.15, 0.2) is 0 Å². The van der Waals surface area contributed by atoms with E-state index in [2.05, 4.69) is 0 Å². The Bertz CT molecular complexity index is 104. The van der Waals surface area contributed by atoms with Gasteiger partial charge in [0, 0.05) is 10.4 Å². The SMILES string of the molecule is O=S(=O)([O-])[O-].[B+3].[Cl-].[Cl-].[Cl-].[Mg+2]. The summed E-state index contributed by atoms with van der Waals surface area (Å²) >= 11 is 0. The molecule has 0 unspecified atom stereocenters. The molecule has 4 nitrogen and oxygen atoms in total. The van der Waals surface area contributed by atoms with Gasteiger partial charge in [-0.1, -0.05) is 0 Å². The molecule has 0 aromatic heterocycles. The molecular weight excluding hydrogens is 238 g/mol. The maximum Gasteiger partial charge on any atom is 3.00 e. The van der Waals surface area contributed by atoms with Gasteiger partial charge >= 0.3 is 31.5 Å². The molecule has 0 radical (unpaired) electrons. The molecule has 0 fully saturated rings. The fourth-order valence-electron chi connectivity index (χ4n) is 0. The molecule has 0 atom stereocenters. The molecule has 10 heteroatoms. The minimum atomic E-state index is -5.17. The summed E-state index contributed by atoms with van der Waals surface area (Å²) in [6, 6.07) is 0. The Labute approximate surface area is 96.1 Å². The van der Waals surface area contributed by atoms with Crippen molar-refractivity contribution in [3.05, 3.63) is 0 Å². The van der Waals surface area contributed by atoms with Gasteiger partial charge in [0.1, 0.15) is 0 Å². The third kappa shape index (κ3) is 285. The second kappa shape index (κ2) is 16.9. The van der Waals surface area contributed by atoms with Gasteiger partial charge in [-0.2, -0.15) is 0 Å². The van der Waals surface area contributed by atoms with E-state index in [1.807, 2.05) is 0 Å². The first-order chi connectivity index (χ1) is 2.00. The van der Waals surface area contributed by atoms with Crippen LogP contribution >= 0.6 is 0 Å². The summed E-state index contributed by atoms with van der Waals surface area (Å²) in [5, 5.41) is 0. The molecule has 0 spiro atoms. The second-order valence-electron chi connectivity index (χ2n) is 0.408. The van der Waals surface area contributed by atoms with E-state index in [9.17, 15) is 0 Å². The van der Waals surface area contributed by atoms with Crippen LogP contribution in [0.3, 0.4) is 0 Å². The average molecular weight is 238 g/mol. The van der Waals surface area contributed by atoms with E-state index in [-0.39, 0.29) is 68.7 Å². The fraction of sp³-hybridized carbons (Fsp3) is 0. The molecule has 0 aliphatic heterocycles. The molecule has 0 aromatic rings. The third-order valence-corrected chi connectivity index (χ3v) is 0. The van der Waals surface area contributed by atoms with Gasteiger partial charge in [-0.25, -0.2) is 0 Å². The molecule has 0 amide bonds. The predicted molar refractivity (Wildman–Crippen MR) is 22.0 cm³/mol. The number of halogens is 3. The van der Waals surface area contributed by atoms with E-state index in [1.54, 1.807) is 0 Å². The number of hydrogen-bond acceptors (Lipinski definition) is 4. The van der Waals surface area contributed by atoms with Gasteiger partial charge in [-0.15, -0.1) is 0 Å². The minimum absolute atomic E-state index is 0. The maximum atomic E-state index is 8.52. The number of hydrogen-bond donors (Lipinski definition) is 0. The van der Waals surface area contributed by atoms with E-state index >= 15 is 0 Å². The van der Waals surface area contributed by atoms with Gasteiger partial charge < -0.3 is 46.3 Å². The van der Waals surface area contributed by atoms with E-state index in [0.717, 1.165) is 0 Å². The van der Waals surface area contributed by atoms with Crippen molar-refractivity contribution in [3.63, 3.8) is 0 Å². The molecule has 56 valence electrons. The van der Waals surface area contributed by atoms with E-state index in [4.69, 9.17) is 17.5 Å². The quantitative estimate of drug-likeness (QED) is 0.238. The summed E-state index contributed by atoms with van der Waals surface area (Å²) in [6.07, 6.45) is 0. The van der Waals surface area contributed by atoms with E-state index in [1.165, 1.54) is 0 Å². The van der Waals surface area contributed by atoms with Crippen molar-refractivity contribution in [1.82, 2.24) is 0 Å². The Morgan fingerprint density at radius 3 is 0.900 bits per heavy atom. The van der Waals surface area contributed by atoms with E-state index < -0.39 is 10.4 Å². The third-order valence-electron chi connectivity index (χ3n) is 0. The number of rotatable bonds is 0. The first-order valence-electron chi connectivity index (χ1n) is 0.667. The molecule has 0 aromatic carbocycles. The van der Waals surface area contributed by atoms with Crippen LogP contribution in [0.4, 0.5) is 0 Å². The van der Waals surface area contributed by atoms with E-state index in [0.29, 0.717) is 0 Å². The van der Waals surface area contributed by atoms with Crippen LogP contribution in [0.1, 0.15) is 0 Å². The molecule has 10 heavy (non-hydrogen) atoms. The first-order valence-corrected chi connectivity index (χ1v) is 2.00. The van der Waals surface area contributed by atoms with Crippen molar-refractivity contribution >= 4 is 41.9 Å². The van der Waals surface area contributed by atoms with Crippen molar-refractivity contribution in [2.75, 3.05) is 0 Å². The molecule has 0 aliphatic rings. The van der Waals surface area contributed by atoms with Crippen LogP contribution in [-0.4, -0.2) is 49.0 Å². The van der Waals surface area contributed by atoms with Gasteiger partial charge in [-0.3, -0.25) is 8.42 Å². The zero-order valence-corrected chi connectivity index (χ0v) is 8.96. The van der Waals surface area contributed by atoms with Crippen molar-refractivity contribution in [3.8, 4) is 0 Å². The van der Waals surface area contributed by atoms with Gasteiger partial charge in [0.05, 0.1) is 0 Å². The normalized spacial score (nSPS) is 5.80. The molecular formula is BCl3MgO4S. The second-order valence-corrected chi connectivity index (χ2v) is 1.22.